The fourth-order valence-corrected chi connectivity index (χ4v) is 4.87. The molecule has 14 heteroatoms. The predicted octanol–water partition coefficient (Wildman–Crippen LogP) is -1.15. The highest BCUT2D eigenvalue weighted by molar-refractivity contribution is 5.94. The number of aromatic hydroxyl groups is 1. The normalized spacial score (nSPS) is 13.5. The number of rotatable bonds is 18. The lowest BCUT2D eigenvalue weighted by Gasteiger charge is -2.26. The fourth-order valence-electron chi connectivity index (χ4n) is 4.87. The molecule has 0 saturated carbocycles. The van der Waals surface area contributed by atoms with Gasteiger partial charge in [-0.1, -0.05) is 30.3 Å². The van der Waals surface area contributed by atoms with Gasteiger partial charge in [0, 0.05) is 13.0 Å². The van der Waals surface area contributed by atoms with E-state index >= 15 is 0 Å². The number of carbonyl (C=O) groups excluding carboxylic acids is 4. The molecular formula is C31H47N9O5. The maximum absolute atomic E-state index is 13.7. The zero-order valence-corrected chi connectivity index (χ0v) is 25.9. The molecule has 4 amide bonds. The van der Waals surface area contributed by atoms with Crippen LogP contribution in [-0.2, 0) is 32.0 Å². The summed E-state index contributed by atoms with van der Waals surface area (Å²) in [5, 5.41) is 17.9. The first-order valence-electron chi connectivity index (χ1n) is 14.9. The Kier molecular flexibility index (Phi) is 14.8. The van der Waals surface area contributed by atoms with Crippen LogP contribution in [0.1, 0.15) is 47.9 Å². The Morgan fingerprint density at radius 1 is 0.800 bits per heavy atom. The number of amides is 4. The van der Waals surface area contributed by atoms with Gasteiger partial charge in [-0.2, -0.15) is 0 Å². The van der Waals surface area contributed by atoms with Crippen molar-refractivity contribution in [3.63, 3.8) is 0 Å². The molecule has 0 aliphatic carbocycles. The lowest BCUT2D eigenvalue weighted by atomic mass is 9.95. The molecule has 0 spiro atoms. The summed E-state index contributed by atoms with van der Waals surface area (Å²) >= 11 is 0. The van der Waals surface area contributed by atoms with E-state index in [2.05, 4.69) is 20.9 Å². The minimum atomic E-state index is -1.10. The van der Waals surface area contributed by atoms with Crippen molar-refractivity contribution in [1.29, 1.82) is 0 Å². The minimum absolute atomic E-state index is 0.106. The number of benzene rings is 2. The Morgan fingerprint density at radius 2 is 1.36 bits per heavy atom. The smallest absolute Gasteiger partial charge is 0.243 e. The van der Waals surface area contributed by atoms with Gasteiger partial charge in [0.15, 0.2) is 5.96 Å². The highest BCUT2D eigenvalue weighted by Gasteiger charge is 2.30. The maximum atomic E-state index is 13.7. The first-order valence-corrected chi connectivity index (χ1v) is 14.9. The van der Waals surface area contributed by atoms with Crippen LogP contribution in [0.4, 0.5) is 0 Å². The third-order valence-electron chi connectivity index (χ3n) is 7.29. The van der Waals surface area contributed by atoms with E-state index in [4.69, 9.17) is 28.7 Å². The third-order valence-corrected chi connectivity index (χ3v) is 7.29. The van der Waals surface area contributed by atoms with Gasteiger partial charge >= 0.3 is 0 Å². The zero-order valence-electron chi connectivity index (χ0n) is 25.9. The maximum Gasteiger partial charge on any atom is 0.243 e. The number of hydrogen-bond acceptors (Lipinski definition) is 8. The Labute approximate surface area is 263 Å². The Bertz CT molecular complexity index is 1310. The summed E-state index contributed by atoms with van der Waals surface area (Å²) < 4.78 is 0. The number of guanidine groups is 1. The number of hydrogen-bond donors (Lipinski definition) is 9. The Morgan fingerprint density at radius 3 is 1.93 bits per heavy atom. The van der Waals surface area contributed by atoms with E-state index in [1.807, 2.05) is 19.9 Å². The van der Waals surface area contributed by atoms with E-state index in [0.29, 0.717) is 19.4 Å². The van der Waals surface area contributed by atoms with Gasteiger partial charge in [-0.15, -0.1) is 0 Å². The molecule has 0 radical (unpaired) electrons. The number of nitrogens with two attached hydrogens (primary N) is 5. The summed E-state index contributed by atoms with van der Waals surface area (Å²) in [5.41, 5.74) is 31.3. The molecule has 14 N–H and O–H groups in total. The van der Waals surface area contributed by atoms with Gasteiger partial charge in [0.2, 0.25) is 23.6 Å². The Hall–Kier alpha value is -4.69. The molecule has 2 rings (SSSR count). The summed E-state index contributed by atoms with van der Waals surface area (Å²) in [4.78, 5) is 56.3. The molecule has 246 valence electrons. The van der Waals surface area contributed by atoms with Crippen LogP contribution in [0.3, 0.4) is 0 Å². The van der Waals surface area contributed by atoms with Crippen molar-refractivity contribution >= 4 is 29.6 Å². The van der Waals surface area contributed by atoms with Gasteiger partial charge in [0.25, 0.3) is 0 Å². The van der Waals surface area contributed by atoms with Crippen molar-refractivity contribution in [3.8, 4) is 5.75 Å². The van der Waals surface area contributed by atoms with Gasteiger partial charge in [0.1, 0.15) is 23.9 Å². The number of aliphatic imine (C=N–C) groups is 1. The molecular weight excluding hydrogens is 578 g/mol. The zero-order chi connectivity index (χ0) is 33.5. The van der Waals surface area contributed by atoms with Crippen LogP contribution >= 0.6 is 0 Å². The first kappa shape index (κ1) is 36.5. The lowest BCUT2D eigenvalue weighted by Crippen LogP contribution is -2.58. The van der Waals surface area contributed by atoms with Crippen molar-refractivity contribution < 1.29 is 24.3 Å². The molecule has 2 aromatic carbocycles. The monoisotopic (exact) mass is 625 g/mol. The molecule has 0 fully saturated rings. The van der Waals surface area contributed by atoms with Crippen LogP contribution in [-0.4, -0.2) is 72.0 Å². The SMILES string of the molecule is Cc1cc(O)cc(C)c1C[C@H](N)C(=O)N[C@H](CCCN=C(N)N)C(=O)N[C@@H](Cc1ccccc1)C(=O)N[C@@H](CCCN)C(N)=O. The van der Waals surface area contributed by atoms with Crippen molar-refractivity contribution in [2.75, 3.05) is 13.1 Å². The van der Waals surface area contributed by atoms with Crippen molar-refractivity contribution in [3.05, 3.63) is 64.7 Å². The molecule has 0 aliphatic rings. The average Bonchev–Trinajstić information content (AvgIpc) is 2.98. The van der Waals surface area contributed by atoms with E-state index in [1.54, 1.807) is 36.4 Å². The second-order valence-corrected chi connectivity index (χ2v) is 11.0. The molecule has 0 aromatic heterocycles. The quantitative estimate of drug-likeness (QED) is 0.0549. The topological polar surface area (TPSA) is 267 Å². The van der Waals surface area contributed by atoms with Crippen LogP contribution in [0, 0.1) is 13.8 Å². The Balaban J connectivity index is 2.28. The van der Waals surface area contributed by atoms with Gasteiger partial charge in [-0.05, 0) is 86.9 Å². The summed E-state index contributed by atoms with van der Waals surface area (Å²) in [6, 6.07) is 8.00. The van der Waals surface area contributed by atoms with Crippen molar-refractivity contribution in [2.45, 2.75) is 76.5 Å². The number of primary amides is 1. The highest BCUT2D eigenvalue weighted by atomic mass is 16.3. The molecule has 0 saturated heterocycles. The van der Waals surface area contributed by atoms with Crippen molar-refractivity contribution in [1.82, 2.24) is 16.0 Å². The lowest BCUT2D eigenvalue weighted by molar-refractivity contribution is -0.133. The molecule has 45 heavy (non-hydrogen) atoms. The first-order chi connectivity index (χ1) is 21.3. The molecule has 0 aliphatic heterocycles. The number of aryl methyl sites for hydroxylation is 2. The number of nitrogens with zero attached hydrogens (tertiary/aromatic N) is 1. The second-order valence-electron chi connectivity index (χ2n) is 11.0. The summed E-state index contributed by atoms with van der Waals surface area (Å²) in [7, 11) is 0. The predicted molar refractivity (Wildman–Crippen MR) is 173 cm³/mol. The molecule has 4 atom stereocenters. The van der Waals surface area contributed by atoms with Crippen LogP contribution in [0.2, 0.25) is 0 Å². The second kappa shape index (κ2) is 18.2. The summed E-state index contributed by atoms with van der Waals surface area (Å²) in [5.74, 6) is -2.55. The van der Waals surface area contributed by atoms with E-state index < -0.39 is 47.8 Å². The number of phenols is 1. The van der Waals surface area contributed by atoms with E-state index in [0.717, 1.165) is 22.3 Å². The number of phenolic OH excluding ortho intramolecular Hbond substituents is 1. The van der Waals surface area contributed by atoms with E-state index in [9.17, 15) is 24.3 Å². The average molecular weight is 626 g/mol. The highest BCUT2D eigenvalue weighted by Crippen LogP contribution is 2.22. The molecule has 0 bridgehead atoms. The minimum Gasteiger partial charge on any atom is -0.508 e. The standard InChI is InChI=1S/C31H47N9O5/c1-18-14-21(41)15-19(2)22(18)17-23(33)28(43)39-25(11-7-13-37-31(35)36)29(44)40-26(16-20-8-4-3-5-9-20)30(45)38-24(27(34)42)10-6-12-32/h3-5,8-9,14-15,23-26,41H,6-7,10-13,16-17,32-33H2,1-2H3,(H2,34,42)(H,38,45)(H,39,43)(H,40,44)(H4,35,36,37)/t23-,24-,25+,26-/m0/s1. The molecule has 0 heterocycles. The van der Waals surface area contributed by atoms with Gasteiger partial charge in [-0.3, -0.25) is 24.2 Å². The van der Waals surface area contributed by atoms with Crippen LogP contribution in [0.25, 0.3) is 0 Å². The van der Waals surface area contributed by atoms with Gasteiger partial charge in [-0.25, -0.2) is 0 Å². The van der Waals surface area contributed by atoms with Crippen molar-refractivity contribution in [2.24, 2.45) is 33.7 Å². The number of nitrogens with one attached hydrogen (secondary N) is 3. The van der Waals surface area contributed by atoms with Crippen LogP contribution in [0.5, 0.6) is 5.75 Å². The number of carbonyl (C=O) groups is 4. The van der Waals surface area contributed by atoms with Crippen LogP contribution in [0.15, 0.2) is 47.5 Å². The molecule has 14 nitrogen and oxygen atoms in total. The van der Waals surface area contributed by atoms with E-state index in [1.165, 1.54) is 0 Å². The summed E-state index contributed by atoms with van der Waals surface area (Å²) in [6.07, 6.45) is 1.44. The largest absolute Gasteiger partial charge is 0.508 e. The molecule has 0 unspecified atom stereocenters. The van der Waals surface area contributed by atoms with Gasteiger partial charge in [0.05, 0.1) is 6.04 Å². The summed E-state index contributed by atoms with van der Waals surface area (Å²) in [6.45, 7) is 4.13. The molecule has 2 aromatic rings. The third kappa shape index (κ3) is 12.4. The fraction of sp³-hybridized carbons (Fsp3) is 0.452. The van der Waals surface area contributed by atoms with Gasteiger partial charge < -0.3 is 49.7 Å². The van der Waals surface area contributed by atoms with Crippen LogP contribution < -0.4 is 44.6 Å². The van der Waals surface area contributed by atoms with E-state index in [-0.39, 0.29) is 43.9 Å².